The molecule has 1 unspecified atom stereocenters. The Hall–Kier alpha value is -1.27. The van der Waals surface area contributed by atoms with E-state index < -0.39 is 16.6 Å². The van der Waals surface area contributed by atoms with Gasteiger partial charge in [0.15, 0.2) is 0 Å². The summed E-state index contributed by atoms with van der Waals surface area (Å²) in [5.41, 5.74) is 0. The van der Waals surface area contributed by atoms with E-state index in [1.54, 1.807) is 6.07 Å². The van der Waals surface area contributed by atoms with E-state index in [1.165, 1.54) is 25.3 Å². The number of hydrogen-bond donors (Lipinski definition) is 1. The summed E-state index contributed by atoms with van der Waals surface area (Å²) in [6.45, 7) is 0.738. The van der Waals surface area contributed by atoms with E-state index in [4.69, 9.17) is 4.74 Å². The summed E-state index contributed by atoms with van der Waals surface area (Å²) in [7, 11) is -0.141. The van der Waals surface area contributed by atoms with Gasteiger partial charge in [-0.25, -0.2) is 4.39 Å². The summed E-state index contributed by atoms with van der Waals surface area (Å²) in [6, 6.07) is 5.72. The number of benzene rings is 1. The molecule has 0 spiro atoms. The Balaban J connectivity index is 2.49. The highest BCUT2D eigenvalue weighted by Gasteiger charge is 2.13. The fourth-order valence-corrected chi connectivity index (χ4v) is 2.18. The molecular weight excluding hydrogens is 245 g/mol. The number of amides is 1. The number of rotatable bonds is 6. The maximum Gasteiger partial charge on any atom is 0.233 e. The predicted octanol–water partition coefficient (Wildman–Crippen LogP) is 0.696. The summed E-state index contributed by atoms with van der Waals surface area (Å²) in [6.07, 6.45) is 0. The Labute approximate surface area is 102 Å². The molecule has 0 saturated carbocycles. The van der Waals surface area contributed by atoms with E-state index in [1.807, 2.05) is 0 Å². The standard InChI is InChI=1S/C11H14FNO3S/c1-16-7-6-13-11(14)8-17(15)10-5-3-2-4-9(10)12/h2-5H,6-8H2,1H3,(H,13,14). The molecule has 6 heteroatoms. The molecule has 0 saturated heterocycles. The summed E-state index contributed by atoms with van der Waals surface area (Å²) in [4.78, 5) is 11.4. The van der Waals surface area contributed by atoms with E-state index in [0.717, 1.165) is 0 Å². The van der Waals surface area contributed by atoms with Crippen LogP contribution in [0.5, 0.6) is 0 Å². The molecule has 1 N–H and O–H groups in total. The van der Waals surface area contributed by atoms with Crippen molar-refractivity contribution in [1.82, 2.24) is 5.32 Å². The van der Waals surface area contributed by atoms with E-state index in [-0.39, 0.29) is 16.6 Å². The Kier molecular flexibility index (Phi) is 5.79. The second-order valence-electron chi connectivity index (χ2n) is 3.26. The average Bonchev–Trinajstić information content (AvgIpc) is 2.29. The number of carbonyl (C=O) groups is 1. The smallest absolute Gasteiger partial charge is 0.233 e. The van der Waals surface area contributed by atoms with Crippen LogP contribution in [0, 0.1) is 5.82 Å². The molecule has 1 rings (SSSR count). The number of methoxy groups -OCH3 is 1. The van der Waals surface area contributed by atoms with Crippen LogP contribution in [0.1, 0.15) is 0 Å². The van der Waals surface area contributed by atoms with Crippen LogP contribution in [0.15, 0.2) is 29.2 Å². The van der Waals surface area contributed by atoms with Gasteiger partial charge in [-0.1, -0.05) is 12.1 Å². The molecule has 0 aromatic heterocycles. The van der Waals surface area contributed by atoms with Gasteiger partial charge in [0.2, 0.25) is 5.91 Å². The number of nitrogens with one attached hydrogen (secondary N) is 1. The Morgan fingerprint density at radius 2 is 2.18 bits per heavy atom. The number of ether oxygens (including phenoxy) is 1. The first-order chi connectivity index (χ1) is 8.15. The van der Waals surface area contributed by atoms with Gasteiger partial charge < -0.3 is 10.1 Å². The SMILES string of the molecule is COCCNC(=O)CS(=O)c1ccccc1F. The molecular formula is C11H14FNO3S. The lowest BCUT2D eigenvalue weighted by Gasteiger charge is -2.05. The average molecular weight is 259 g/mol. The molecule has 0 bridgehead atoms. The van der Waals surface area contributed by atoms with Crippen LogP contribution >= 0.6 is 0 Å². The number of carbonyl (C=O) groups excluding carboxylic acids is 1. The fourth-order valence-electron chi connectivity index (χ4n) is 1.17. The highest BCUT2D eigenvalue weighted by molar-refractivity contribution is 7.85. The fraction of sp³-hybridized carbons (Fsp3) is 0.364. The lowest BCUT2D eigenvalue weighted by molar-refractivity contribution is -0.118. The molecule has 1 aromatic rings. The monoisotopic (exact) mass is 259 g/mol. The quantitative estimate of drug-likeness (QED) is 0.765. The minimum atomic E-state index is -1.66. The summed E-state index contributed by atoms with van der Waals surface area (Å²) < 4.78 is 29.7. The molecule has 4 nitrogen and oxygen atoms in total. The predicted molar refractivity (Wildman–Crippen MR) is 62.6 cm³/mol. The third-order valence-electron chi connectivity index (χ3n) is 1.97. The second-order valence-corrected chi connectivity index (χ2v) is 4.68. The largest absolute Gasteiger partial charge is 0.383 e. The summed E-state index contributed by atoms with van der Waals surface area (Å²) >= 11 is 0. The third-order valence-corrected chi connectivity index (χ3v) is 3.32. The topological polar surface area (TPSA) is 55.4 Å². The minimum Gasteiger partial charge on any atom is -0.383 e. The molecule has 0 radical (unpaired) electrons. The maximum absolute atomic E-state index is 13.3. The lowest BCUT2D eigenvalue weighted by Crippen LogP contribution is -2.31. The van der Waals surface area contributed by atoms with Gasteiger partial charge >= 0.3 is 0 Å². The van der Waals surface area contributed by atoms with Crippen LogP contribution in [-0.2, 0) is 20.3 Å². The molecule has 0 heterocycles. The van der Waals surface area contributed by atoms with Gasteiger partial charge in [0.05, 0.1) is 22.3 Å². The van der Waals surface area contributed by atoms with E-state index in [9.17, 15) is 13.4 Å². The molecule has 0 aliphatic rings. The third kappa shape index (κ3) is 4.62. The Morgan fingerprint density at radius 1 is 1.47 bits per heavy atom. The van der Waals surface area contributed by atoms with Crippen LogP contribution < -0.4 is 5.32 Å². The summed E-state index contributed by atoms with van der Waals surface area (Å²) in [5.74, 6) is -1.19. The number of halogens is 1. The van der Waals surface area contributed by atoms with Crippen molar-refractivity contribution in [2.24, 2.45) is 0 Å². The Morgan fingerprint density at radius 3 is 2.82 bits per heavy atom. The van der Waals surface area contributed by atoms with Gasteiger partial charge in [0.1, 0.15) is 11.6 Å². The zero-order valence-electron chi connectivity index (χ0n) is 9.44. The van der Waals surface area contributed by atoms with Crippen molar-refractivity contribution in [3.05, 3.63) is 30.1 Å². The maximum atomic E-state index is 13.3. The van der Waals surface area contributed by atoms with Gasteiger partial charge in [0, 0.05) is 13.7 Å². The van der Waals surface area contributed by atoms with Crippen molar-refractivity contribution >= 4 is 16.7 Å². The summed E-state index contributed by atoms with van der Waals surface area (Å²) in [5, 5.41) is 2.52. The van der Waals surface area contributed by atoms with Gasteiger partial charge in [-0.15, -0.1) is 0 Å². The molecule has 1 aromatic carbocycles. The van der Waals surface area contributed by atoms with Crippen molar-refractivity contribution in [3.8, 4) is 0 Å². The molecule has 0 fully saturated rings. The van der Waals surface area contributed by atoms with E-state index in [2.05, 4.69) is 5.32 Å². The van der Waals surface area contributed by atoms with Gasteiger partial charge in [0.25, 0.3) is 0 Å². The Bertz CT molecular complexity index is 411. The van der Waals surface area contributed by atoms with Crippen molar-refractivity contribution in [2.45, 2.75) is 4.90 Å². The first-order valence-electron chi connectivity index (χ1n) is 5.03. The van der Waals surface area contributed by atoms with E-state index in [0.29, 0.717) is 13.2 Å². The van der Waals surface area contributed by atoms with Crippen LogP contribution in [0.2, 0.25) is 0 Å². The molecule has 1 atom stereocenters. The molecule has 94 valence electrons. The first kappa shape index (κ1) is 13.8. The normalized spacial score (nSPS) is 12.1. The number of hydrogen-bond acceptors (Lipinski definition) is 3. The zero-order chi connectivity index (χ0) is 12.7. The highest BCUT2D eigenvalue weighted by atomic mass is 32.2. The molecule has 0 aliphatic carbocycles. The second kappa shape index (κ2) is 7.13. The minimum absolute atomic E-state index is 0.0504. The molecule has 1 amide bonds. The van der Waals surface area contributed by atoms with Gasteiger partial charge in [-0.2, -0.15) is 0 Å². The van der Waals surface area contributed by atoms with Gasteiger partial charge in [-0.05, 0) is 12.1 Å². The molecule has 17 heavy (non-hydrogen) atoms. The van der Waals surface area contributed by atoms with Crippen molar-refractivity contribution in [1.29, 1.82) is 0 Å². The van der Waals surface area contributed by atoms with Crippen molar-refractivity contribution in [3.63, 3.8) is 0 Å². The van der Waals surface area contributed by atoms with Crippen LogP contribution in [0.3, 0.4) is 0 Å². The van der Waals surface area contributed by atoms with E-state index >= 15 is 0 Å². The zero-order valence-corrected chi connectivity index (χ0v) is 10.3. The van der Waals surface area contributed by atoms with Crippen LogP contribution in [0.25, 0.3) is 0 Å². The van der Waals surface area contributed by atoms with Gasteiger partial charge in [-0.3, -0.25) is 9.00 Å². The lowest BCUT2D eigenvalue weighted by atomic mass is 10.3. The van der Waals surface area contributed by atoms with Crippen LogP contribution in [0.4, 0.5) is 4.39 Å². The molecule has 0 aliphatic heterocycles. The van der Waals surface area contributed by atoms with Crippen molar-refractivity contribution in [2.75, 3.05) is 26.0 Å². The van der Waals surface area contributed by atoms with Crippen molar-refractivity contribution < 1.29 is 18.1 Å². The first-order valence-corrected chi connectivity index (χ1v) is 6.35. The van der Waals surface area contributed by atoms with Crippen LogP contribution in [-0.4, -0.2) is 36.1 Å². The highest BCUT2D eigenvalue weighted by Crippen LogP contribution is 2.11.